The van der Waals surface area contributed by atoms with Crippen LogP contribution in [0.1, 0.15) is 54.4 Å². The largest absolute Gasteiger partial charge is 0.372 e. The fourth-order valence-corrected chi connectivity index (χ4v) is 3.09. The van der Waals surface area contributed by atoms with Gasteiger partial charge in [0.15, 0.2) is 0 Å². The van der Waals surface area contributed by atoms with Crippen LogP contribution in [0.15, 0.2) is 30.6 Å². The number of piperidine rings is 1. The highest BCUT2D eigenvalue weighted by Gasteiger charge is 2.27. The standard InChI is InChI=1S/C19H26N4O2/c1-14(2)17-10-18(22(3)21-17)19(24)23-9-5-7-16(12-23)25-13-15-6-4-8-20-11-15/h4,6,8,10-11,14,16H,5,7,9,12-13H2,1-3H3/t16-/m1/s1. The monoisotopic (exact) mass is 342 g/mol. The van der Waals surface area contributed by atoms with E-state index in [0.717, 1.165) is 30.6 Å². The topological polar surface area (TPSA) is 60.3 Å². The average molecular weight is 342 g/mol. The molecule has 0 unspecified atom stereocenters. The van der Waals surface area contributed by atoms with Crippen molar-refractivity contribution in [1.29, 1.82) is 0 Å². The molecule has 0 aromatic carbocycles. The first-order valence-electron chi connectivity index (χ1n) is 8.88. The molecule has 1 fully saturated rings. The van der Waals surface area contributed by atoms with E-state index < -0.39 is 0 Å². The second-order valence-electron chi connectivity index (χ2n) is 6.92. The van der Waals surface area contributed by atoms with Crippen LogP contribution in [-0.4, -0.2) is 44.8 Å². The van der Waals surface area contributed by atoms with Crippen molar-refractivity contribution in [2.24, 2.45) is 7.05 Å². The maximum Gasteiger partial charge on any atom is 0.272 e. The van der Waals surface area contributed by atoms with Crippen LogP contribution < -0.4 is 0 Å². The zero-order chi connectivity index (χ0) is 17.8. The number of pyridine rings is 1. The molecule has 0 spiro atoms. The van der Waals surface area contributed by atoms with Crippen LogP contribution in [0.5, 0.6) is 0 Å². The molecule has 134 valence electrons. The van der Waals surface area contributed by atoms with Gasteiger partial charge in [-0.1, -0.05) is 19.9 Å². The average Bonchev–Trinajstić information content (AvgIpc) is 3.02. The first kappa shape index (κ1) is 17.6. The minimum atomic E-state index is 0.0385. The predicted molar refractivity (Wildman–Crippen MR) is 95.2 cm³/mol. The summed E-state index contributed by atoms with van der Waals surface area (Å²) in [6.07, 6.45) is 5.57. The van der Waals surface area contributed by atoms with Gasteiger partial charge < -0.3 is 9.64 Å². The van der Waals surface area contributed by atoms with Gasteiger partial charge in [0.25, 0.3) is 5.91 Å². The number of rotatable bonds is 5. The molecular formula is C19H26N4O2. The Hall–Kier alpha value is -2.21. The number of likely N-dealkylation sites (tertiary alicyclic amines) is 1. The van der Waals surface area contributed by atoms with Gasteiger partial charge in [0.05, 0.1) is 18.4 Å². The third kappa shape index (κ3) is 4.25. The normalized spacial score (nSPS) is 17.9. The Bertz CT molecular complexity index is 711. The predicted octanol–water partition coefficient (Wildman–Crippen LogP) is 2.76. The summed E-state index contributed by atoms with van der Waals surface area (Å²) < 4.78 is 7.69. The summed E-state index contributed by atoms with van der Waals surface area (Å²) in [5.41, 5.74) is 2.66. The first-order valence-corrected chi connectivity index (χ1v) is 8.88. The minimum absolute atomic E-state index is 0.0385. The molecule has 6 heteroatoms. The molecule has 1 aliphatic rings. The molecule has 0 saturated carbocycles. The van der Waals surface area contributed by atoms with Gasteiger partial charge >= 0.3 is 0 Å². The smallest absolute Gasteiger partial charge is 0.272 e. The van der Waals surface area contributed by atoms with Gasteiger partial charge in [0, 0.05) is 32.5 Å². The summed E-state index contributed by atoms with van der Waals surface area (Å²) in [6, 6.07) is 5.82. The fraction of sp³-hybridized carbons (Fsp3) is 0.526. The molecule has 0 N–H and O–H groups in total. The highest BCUT2D eigenvalue weighted by Crippen LogP contribution is 2.19. The summed E-state index contributed by atoms with van der Waals surface area (Å²) in [6.45, 7) is 6.10. The molecule has 0 bridgehead atoms. The third-order valence-corrected chi connectivity index (χ3v) is 4.58. The molecule has 25 heavy (non-hydrogen) atoms. The fourth-order valence-electron chi connectivity index (χ4n) is 3.09. The van der Waals surface area contributed by atoms with E-state index in [9.17, 15) is 4.79 Å². The van der Waals surface area contributed by atoms with Crippen LogP contribution >= 0.6 is 0 Å². The Morgan fingerprint density at radius 1 is 1.44 bits per heavy atom. The molecule has 2 aromatic rings. The van der Waals surface area contributed by atoms with E-state index in [0.29, 0.717) is 24.8 Å². The van der Waals surface area contributed by atoms with Gasteiger partial charge in [-0.05, 0) is 36.5 Å². The van der Waals surface area contributed by atoms with Gasteiger partial charge in [0.1, 0.15) is 5.69 Å². The number of aryl methyl sites for hydroxylation is 1. The molecule has 2 aromatic heterocycles. The summed E-state index contributed by atoms with van der Waals surface area (Å²) in [4.78, 5) is 18.9. The molecule has 1 saturated heterocycles. The number of nitrogens with zero attached hydrogens (tertiary/aromatic N) is 4. The SMILES string of the molecule is CC(C)c1cc(C(=O)N2CCC[C@@H](OCc3cccnc3)C2)n(C)n1. The summed E-state index contributed by atoms with van der Waals surface area (Å²) >= 11 is 0. The van der Waals surface area contributed by atoms with Gasteiger partial charge in [0.2, 0.25) is 0 Å². The summed E-state index contributed by atoms with van der Waals surface area (Å²) in [5.74, 6) is 0.348. The molecular weight excluding hydrogens is 316 g/mol. The van der Waals surface area contributed by atoms with Crippen LogP contribution in [-0.2, 0) is 18.4 Å². The van der Waals surface area contributed by atoms with Crippen molar-refractivity contribution in [3.8, 4) is 0 Å². The molecule has 0 radical (unpaired) electrons. The third-order valence-electron chi connectivity index (χ3n) is 4.58. The minimum Gasteiger partial charge on any atom is -0.372 e. The lowest BCUT2D eigenvalue weighted by atomic mass is 10.1. The van der Waals surface area contributed by atoms with Crippen molar-refractivity contribution in [3.63, 3.8) is 0 Å². The van der Waals surface area contributed by atoms with Gasteiger partial charge in [-0.2, -0.15) is 5.10 Å². The zero-order valence-corrected chi connectivity index (χ0v) is 15.2. The molecule has 1 amide bonds. The molecule has 3 rings (SSSR count). The molecule has 1 atom stereocenters. The molecule has 3 heterocycles. The number of carbonyl (C=O) groups excluding carboxylic acids is 1. The van der Waals surface area contributed by atoms with Crippen molar-refractivity contribution in [2.45, 2.75) is 45.3 Å². The van der Waals surface area contributed by atoms with Crippen LogP contribution in [0, 0.1) is 0 Å². The van der Waals surface area contributed by atoms with Crippen molar-refractivity contribution in [1.82, 2.24) is 19.7 Å². The first-order chi connectivity index (χ1) is 12.0. The summed E-state index contributed by atoms with van der Waals surface area (Å²) in [7, 11) is 1.83. The Morgan fingerprint density at radius 3 is 2.96 bits per heavy atom. The molecule has 0 aliphatic carbocycles. The van der Waals surface area contributed by atoms with Crippen LogP contribution in [0.2, 0.25) is 0 Å². The van der Waals surface area contributed by atoms with E-state index in [1.54, 1.807) is 10.9 Å². The number of ether oxygens (including phenoxy) is 1. The van der Waals surface area contributed by atoms with Gasteiger partial charge in [-0.3, -0.25) is 14.5 Å². The van der Waals surface area contributed by atoms with Crippen molar-refractivity contribution >= 4 is 5.91 Å². The lowest BCUT2D eigenvalue weighted by Crippen LogP contribution is -2.43. The van der Waals surface area contributed by atoms with Gasteiger partial charge in [-0.25, -0.2) is 0 Å². The van der Waals surface area contributed by atoms with Crippen LogP contribution in [0.3, 0.4) is 0 Å². The Morgan fingerprint density at radius 2 is 2.28 bits per heavy atom. The summed E-state index contributed by atoms with van der Waals surface area (Å²) in [5, 5.41) is 4.45. The van der Waals surface area contributed by atoms with Crippen LogP contribution in [0.4, 0.5) is 0 Å². The van der Waals surface area contributed by atoms with Crippen molar-refractivity contribution < 1.29 is 9.53 Å². The van der Waals surface area contributed by atoms with Gasteiger partial charge in [-0.15, -0.1) is 0 Å². The maximum absolute atomic E-state index is 12.9. The Labute approximate surface area is 148 Å². The number of amides is 1. The highest BCUT2D eigenvalue weighted by atomic mass is 16.5. The number of hydrogen-bond acceptors (Lipinski definition) is 4. The van der Waals surface area contributed by atoms with E-state index in [4.69, 9.17) is 4.74 Å². The van der Waals surface area contributed by atoms with Crippen molar-refractivity contribution in [3.05, 3.63) is 47.5 Å². The van der Waals surface area contributed by atoms with E-state index >= 15 is 0 Å². The van der Waals surface area contributed by atoms with E-state index in [2.05, 4.69) is 23.9 Å². The van der Waals surface area contributed by atoms with Crippen molar-refractivity contribution in [2.75, 3.05) is 13.1 Å². The number of hydrogen-bond donors (Lipinski definition) is 0. The zero-order valence-electron chi connectivity index (χ0n) is 15.2. The van der Waals surface area contributed by atoms with E-state index in [1.165, 1.54) is 0 Å². The molecule has 1 aliphatic heterocycles. The second kappa shape index (κ2) is 7.78. The quantitative estimate of drug-likeness (QED) is 0.838. The Balaban J connectivity index is 1.61. The highest BCUT2D eigenvalue weighted by molar-refractivity contribution is 5.92. The van der Waals surface area contributed by atoms with E-state index in [-0.39, 0.29) is 12.0 Å². The van der Waals surface area contributed by atoms with Crippen LogP contribution in [0.25, 0.3) is 0 Å². The van der Waals surface area contributed by atoms with E-state index in [1.807, 2.05) is 36.3 Å². The number of carbonyl (C=O) groups is 1. The second-order valence-corrected chi connectivity index (χ2v) is 6.92. The number of aromatic nitrogens is 3. The lowest BCUT2D eigenvalue weighted by molar-refractivity contribution is -0.00710. The molecule has 6 nitrogen and oxygen atoms in total. The lowest BCUT2D eigenvalue weighted by Gasteiger charge is -2.32. The Kier molecular flexibility index (Phi) is 5.48. The maximum atomic E-state index is 12.9.